The Labute approximate surface area is 260 Å². The summed E-state index contributed by atoms with van der Waals surface area (Å²) in [6, 6.07) is 3.71. The third-order valence-electron chi connectivity index (χ3n) is 4.71. The second-order valence-corrected chi connectivity index (χ2v) is 10.4. The summed E-state index contributed by atoms with van der Waals surface area (Å²) >= 11 is 6.98. The van der Waals surface area contributed by atoms with Crippen LogP contribution in [0.1, 0.15) is 37.7 Å². The fraction of sp³-hybridized carbons (Fsp3) is 0.583. The summed E-state index contributed by atoms with van der Waals surface area (Å²) in [6.45, 7) is 2.74. The second-order valence-electron chi connectivity index (χ2n) is 8.68. The highest BCUT2D eigenvalue weighted by atomic mass is 79.9. The zero-order valence-electron chi connectivity index (χ0n) is 23.2. The van der Waals surface area contributed by atoms with Gasteiger partial charge in [0.1, 0.15) is 11.5 Å². The number of carboxylic acids is 2. The van der Waals surface area contributed by atoms with E-state index in [2.05, 4.69) is 61.3 Å². The highest BCUT2D eigenvalue weighted by molar-refractivity contribution is 9.11. The number of carbonyl (C=O) groups is 3. The van der Waals surface area contributed by atoms with Crippen molar-refractivity contribution in [1.82, 2.24) is 10.2 Å². The van der Waals surface area contributed by atoms with Gasteiger partial charge >= 0.3 is 24.3 Å². The van der Waals surface area contributed by atoms with Crippen molar-refractivity contribution in [2.75, 3.05) is 40.3 Å². The number of alkyl halides is 6. The monoisotopic (exact) mass is 762 g/mol. The number of carbonyl (C=O) groups excluding carboxylic acids is 1. The topological polar surface area (TPSA) is 175 Å². The number of aliphatic carboxylic acids is 2. The Hall–Kier alpha value is -2.64. The maximum Gasteiger partial charge on any atom is 0.490 e. The second kappa shape index (κ2) is 22.0. The first-order chi connectivity index (χ1) is 19.8. The maximum absolute atomic E-state index is 12.3. The van der Waals surface area contributed by atoms with Crippen LogP contribution in [0.4, 0.5) is 26.3 Å². The number of amides is 1. The van der Waals surface area contributed by atoms with Crippen LogP contribution >= 0.6 is 31.9 Å². The molecule has 6 N–H and O–H groups in total. The Morgan fingerprint density at radius 1 is 0.930 bits per heavy atom. The summed E-state index contributed by atoms with van der Waals surface area (Å²) in [5.41, 5.74) is 6.39. The van der Waals surface area contributed by atoms with Gasteiger partial charge < -0.3 is 36.1 Å². The Kier molecular flexibility index (Phi) is 21.7. The molecule has 0 aliphatic heterocycles. The van der Waals surface area contributed by atoms with Crippen LogP contribution in [-0.4, -0.2) is 96.6 Å². The molecule has 0 aliphatic carbocycles. The number of halogens is 8. The number of ether oxygens (including phenoxy) is 1. The van der Waals surface area contributed by atoms with E-state index in [4.69, 9.17) is 30.3 Å². The van der Waals surface area contributed by atoms with Gasteiger partial charge in [-0.1, -0.05) is 18.0 Å². The van der Waals surface area contributed by atoms with Crippen molar-refractivity contribution in [3.05, 3.63) is 26.6 Å². The number of rotatable bonds is 14. The van der Waals surface area contributed by atoms with Gasteiger partial charge in [-0.2, -0.15) is 26.3 Å². The van der Waals surface area contributed by atoms with Gasteiger partial charge in [0.2, 0.25) is 0 Å². The first kappa shape index (κ1) is 42.5. The number of nitrogens with zero attached hydrogens (tertiary/aromatic N) is 2. The number of benzene rings is 1. The van der Waals surface area contributed by atoms with E-state index in [0.717, 1.165) is 53.2 Å². The van der Waals surface area contributed by atoms with Crippen molar-refractivity contribution < 1.29 is 60.9 Å². The van der Waals surface area contributed by atoms with E-state index in [1.165, 1.54) is 0 Å². The number of nitrogens with one attached hydrogen (secondary N) is 1. The van der Waals surface area contributed by atoms with Crippen LogP contribution in [0.2, 0.25) is 0 Å². The number of unbranched alkanes of at least 4 members (excludes halogenated alkanes) is 3. The third kappa shape index (κ3) is 21.7. The summed E-state index contributed by atoms with van der Waals surface area (Å²) in [7, 11) is 4.13. The minimum atomic E-state index is -5.08. The Morgan fingerprint density at radius 3 is 1.79 bits per heavy atom. The van der Waals surface area contributed by atoms with Gasteiger partial charge in [-0.05, 0) is 96.0 Å². The van der Waals surface area contributed by atoms with E-state index < -0.39 is 24.3 Å². The van der Waals surface area contributed by atoms with Crippen LogP contribution in [0, 0.1) is 0 Å². The molecule has 0 fully saturated rings. The van der Waals surface area contributed by atoms with Crippen molar-refractivity contribution in [1.29, 1.82) is 0 Å². The Morgan fingerprint density at radius 2 is 1.40 bits per heavy atom. The number of hydrogen-bond donors (Lipinski definition) is 5. The molecule has 1 aromatic carbocycles. The largest absolute Gasteiger partial charge is 0.491 e. The van der Waals surface area contributed by atoms with Crippen molar-refractivity contribution in [3.8, 4) is 5.75 Å². The number of carboxylic acid groups (broad SMARTS) is 2. The summed E-state index contributed by atoms with van der Waals surface area (Å²) < 4.78 is 70.7. The van der Waals surface area contributed by atoms with E-state index >= 15 is 0 Å². The lowest BCUT2D eigenvalue weighted by Crippen LogP contribution is -2.33. The molecule has 43 heavy (non-hydrogen) atoms. The molecule has 0 aliphatic rings. The number of hydrogen-bond acceptors (Lipinski definition) is 8. The normalized spacial score (nSPS) is 11.6. The quantitative estimate of drug-likeness (QED) is 0.0586. The molecule has 11 nitrogen and oxygen atoms in total. The fourth-order valence-corrected chi connectivity index (χ4v) is 4.19. The van der Waals surface area contributed by atoms with Crippen molar-refractivity contribution in [2.45, 2.75) is 50.9 Å². The SMILES string of the molecule is CN(C)CCCCCCNC(=O)/C(Cc1cc(Br)c(OCCCN)c(Br)c1)=N/O.O=C(O)C(F)(F)F.O=C(O)C(F)(F)F. The molecule has 19 heteroatoms. The molecular weight excluding hydrogens is 730 g/mol. The fourth-order valence-electron chi connectivity index (χ4n) is 2.67. The summed E-state index contributed by atoms with van der Waals surface area (Å²) in [5.74, 6) is -5.18. The van der Waals surface area contributed by atoms with Crippen LogP contribution in [0.15, 0.2) is 26.2 Å². The van der Waals surface area contributed by atoms with E-state index in [1.54, 1.807) is 0 Å². The summed E-state index contributed by atoms with van der Waals surface area (Å²) in [6.07, 6.45) is -4.94. The minimum Gasteiger partial charge on any atom is -0.491 e. The average molecular weight is 764 g/mol. The molecular formula is C24H34Br2F6N4O7. The van der Waals surface area contributed by atoms with Gasteiger partial charge in [0, 0.05) is 13.0 Å². The molecule has 1 rings (SSSR count). The summed E-state index contributed by atoms with van der Waals surface area (Å²) in [4.78, 5) is 32.3. The molecule has 1 aromatic rings. The molecule has 0 radical (unpaired) electrons. The molecule has 0 saturated heterocycles. The van der Waals surface area contributed by atoms with E-state index in [1.807, 2.05) is 12.1 Å². The highest BCUT2D eigenvalue weighted by Crippen LogP contribution is 2.35. The Bertz CT molecular complexity index is 995. The number of oxime groups is 1. The van der Waals surface area contributed by atoms with Crippen LogP contribution in [-0.2, 0) is 20.8 Å². The van der Waals surface area contributed by atoms with Gasteiger partial charge in [-0.3, -0.25) is 4.79 Å². The van der Waals surface area contributed by atoms with Gasteiger partial charge in [-0.15, -0.1) is 0 Å². The lowest BCUT2D eigenvalue weighted by molar-refractivity contribution is -0.193. The maximum atomic E-state index is 12.3. The van der Waals surface area contributed by atoms with Crippen LogP contribution in [0.3, 0.4) is 0 Å². The molecule has 0 bridgehead atoms. The standard InChI is InChI=1S/C20H32Br2N4O3.2C2HF3O2/c1-26(2)10-6-4-3-5-9-24-20(27)18(25-28)14-15-12-16(21)19(17(22)13-15)29-11-7-8-23;2*3-2(4,5)1(6)7/h12-13,28H,3-11,14,23H2,1-2H3,(H,24,27);2*(H,6,7)/b25-18+;;. The predicted octanol–water partition coefficient (Wildman–Crippen LogP) is 4.82. The third-order valence-corrected chi connectivity index (χ3v) is 5.89. The van der Waals surface area contributed by atoms with E-state index in [-0.39, 0.29) is 18.0 Å². The molecule has 248 valence electrons. The van der Waals surface area contributed by atoms with Crippen LogP contribution in [0.5, 0.6) is 5.75 Å². The summed E-state index contributed by atoms with van der Waals surface area (Å²) in [5, 5.41) is 29.6. The van der Waals surface area contributed by atoms with Crippen molar-refractivity contribution >= 4 is 55.4 Å². The van der Waals surface area contributed by atoms with Gasteiger partial charge in [0.05, 0.1) is 15.6 Å². The van der Waals surface area contributed by atoms with Crippen LogP contribution < -0.4 is 15.8 Å². The zero-order chi connectivity index (χ0) is 33.8. The molecule has 0 saturated carbocycles. The van der Waals surface area contributed by atoms with Gasteiger partial charge in [-0.25, -0.2) is 9.59 Å². The smallest absolute Gasteiger partial charge is 0.490 e. The van der Waals surface area contributed by atoms with E-state index in [0.29, 0.717) is 25.4 Å². The highest BCUT2D eigenvalue weighted by Gasteiger charge is 2.38. The molecule has 0 heterocycles. The zero-order valence-corrected chi connectivity index (χ0v) is 26.4. The molecule has 0 atom stereocenters. The lowest BCUT2D eigenvalue weighted by atomic mass is 10.1. The first-order valence-electron chi connectivity index (χ1n) is 12.3. The van der Waals surface area contributed by atoms with Gasteiger partial charge in [0.15, 0.2) is 0 Å². The molecule has 1 amide bonds. The number of nitrogens with two attached hydrogens (primary N) is 1. The molecule has 0 unspecified atom stereocenters. The molecule has 0 spiro atoms. The van der Waals surface area contributed by atoms with Crippen LogP contribution in [0.25, 0.3) is 0 Å². The lowest BCUT2D eigenvalue weighted by Gasteiger charge is -2.12. The van der Waals surface area contributed by atoms with Crippen molar-refractivity contribution in [3.63, 3.8) is 0 Å². The minimum absolute atomic E-state index is 0.0770. The average Bonchev–Trinajstić information content (AvgIpc) is 2.87. The molecule has 0 aromatic heterocycles. The van der Waals surface area contributed by atoms with E-state index in [9.17, 15) is 36.3 Å². The Balaban J connectivity index is 0. The van der Waals surface area contributed by atoms with Crippen molar-refractivity contribution in [2.24, 2.45) is 10.9 Å². The van der Waals surface area contributed by atoms with Gasteiger partial charge in [0.25, 0.3) is 5.91 Å². The first-order valence-corrected chi connectivity index (χ1v) is 13.9. The predicted molar refractivity (Wildman–Crippen MR) is 151 cm³/mol.